The third-order valence-electron chi connectivity index (χ3n) is 4.27. The van der Waals surface area contributed by atoms with Crippen molar-refractivity contribution in [2.45, 2.75) is 12.3 Å². The van der Waals surface area contributed by atoms with Crippen molar-refractivity contribution in [2.24, 2.45) is 5.92 Å². The Hall–Kier alpha value is -2.62. The average molecular weight is 290 g/mol. The van der Waals surface area contributed by atoms with E-state index in [0.717, 1.165) is 29.5 Å². The highest BCUT2D eigenvalue weighted by atomic mass is 15.2. The number of aromatic nitrogens is 3. The highest BCUT2D eigenvalue weighted by Crippen LogP contribution is 2.47. The molecule has 22 heavy (non-hydrogen) atoms. The van der Waals surface area contributed by atoms with E-state index < -0.39 is 0 Å². The molecule has 4 nitrogen and oxygen atoms in total. The van der Waals surface area contributed by atoms with Gasteiger partial charge in [-0.15, -0.1) is 0 Å². The molecule has 1 heterocycles. The van der Waals surface area contributed by atoms with Crippen LogP contribution in [0.1, 0.15) is 17.9 Å². The molecule has 0 amide bonds. The van der Waals surface area contributed by atoms with Gasteiger partial charge in [-0.2, -0.15) is 5.10 Å². The van der Waals surface area contributed by atoms with Gasteiger partial charge in [-0.05, 0) is 36.0 Å². The summed E-state index contributed by atoms with van der Waals surface area (Å²) in [5.41, 5.74) is 3.65. The molecule has 0 aliphatic heterocycles. The van der Waals surface area contributed by atoms with Crippen LogP contribution < -0.4 is 5.32 Å². The number of nitrogens with zero attached hydrogens (tertiary/aromatic N) is 2. The fourth-order valence-corrected chi connectivity index (χ4v) is 2.95. The van der Waals surface area contributed by atoms with E-state index in [-0.39, 0.29) is 0 Å². The number of benzene rings is 2. The Kier molecular flexibility index (Phi) is 3.35. The molecule has 3 aromatic rings. The number of aromatic amines is 1. The van der Waals surface area contributed by atoms with Gasteiger partial charge in [0.15, 0.2) is 5.82 Å². The van der Waals surface area contributed by atoms with Gasteiger partial charge in [-0.25, -0.2) is 4.98 Å². The SMILES string of the molecule is c1ccc([C@@H]2C[C@H]2CNc2cccc(-c3ncn[nH]3)c2)cc1. The van der Waals surface area contributed by atoms with E-state index in [1.54, 1.807) is 0 Å². The minimum absolute atomic E-state index is 0.714. The summed E-state index contributed by atoms with van der Waals surface area (Å²) in [5.74, 6) is 2.25. The van der Waals surface area contributed by atoms with Crippen LogP contribution in [-0.2, 0) is 0 Å². The Morgan fingerprint density at radius 1 is 1.09 bits per heavy atom. The molecule has 4 rings (SSSR count). The fraction of sp³-hybridized carbons (Fsp3) is 0.222. The fourth-order valence-electron chi connectivity index (χ4n) is 2.95. The van der Waals surface area contributed by atoms with Gasteiger partial charge >= 0.3 is 0 Å². The summed E-state index contributed by atoms with van der Waals surface area (Å²) in [6, 6.07) is 19.1. The van der Waals surface area contributed by atoms with Crippen LogP contribution in [0.2, 0.25) is 0 Å². The molecule has 1 fully saturated rings. The average Bonchev–Trinajstić information content (AvgIpc) is 3.15. The van der Waals surface area contributed by atoms with Gasteiger partial charge in [-0.3, -0.25) is 5.10 Å². The monoisotopic (exact) mass is 290 g/mol. The quantitative estimate of drug-likeness (QED) is 0.753. The molecule has 0 saturated heterocycles. The van der Waals surface area contributed by atoms with Crippen LogP contribution in [0, 0.1) is 5.92 Å². The van der Waals surface area contributed by atoms with Crippen molar-refractivity contribution in [2.75, 3.05) is 11.9 Å². The Bertz CT molecular complexity index is 737. The molecule has 4 heteroatoms. The molecule has 0 spiro atoms. The standard InChI is InChI=1S/C18H18N4/c1-2-5-13(6-3-1)17-10-15(17)11-19-16-8-4-7-14(9-16)18-20-12-21-22-18/h1-9,12,15,17,19H,10-11H2,(H,20,21,22)/t15-,17-/m0/s1. The predicted octanol–water partition coefficient (Wildman–Crippen LogP) is 3.69. The number of hydrogen-bond acceptors (Lipinski definition) is 3. The largest absolute Gasteiger partial charge is 0.385 e. The zero-order valence-corrected chi connectivity index (χ0v) is 12.2. The van der Waals surface area contributed by atoms with Crippen LogP contribution in [-0.4, -0.2) is 21.7 Å². The minimum atomic E-state index is 0.714. The zero-order valence-electron chi connectivity index (χ0n) is 12.2. The van der Waals surface area contributed by atoms with Crippen molar-refractivity contribution in [1.82, 2.24) is 15.2 Å². The zero-order chi connectivity index (χ0) is 14.8. The topological polar surface area (TPSA) is 53.6 Å². The van der Waals surface area contributed by atoms with E-state index in [9.17, 15) is 0 Å². The Morgan fingerprint density at radius 3 is 2.82 bits per heavy atom. The van der Waals surface area contributed by atoms with Crippen molar-refractivity contribution in [3.05, 3.63) is 66.5 Å². The molecule has 0 unspecified atom stereocenters. The second-order valence-electron chi connectivity index (χ2n) is 5.81. The minimum Gasteiger partial charge on any atom is -0.385 e. The summed E-state index contributed by atoms with van der Waals surface area (Å²) in [7, 11) is 0. The Balaban J connectivity index is 1.38. The number of H-pyrrole nitrogens is 1. The van der Waals surface area contributed by atoms with Crippen LogP contribution in [0.15, 0.2) is 60.9 Å². The van der Waals surface area contributed by atoms with Crippen LogP contribution in [0.4, 0.5) is 5.69 Å². The first-order valence-electron chi connectivity index (χ1n) is 7.65. The van der Waals surface area contributed by atoms with Gasteiger partial charge in [0.05, 0.1) is 0 Å². The van der Waals surface area contributed by atoms with Crippen molar-refractivity contribution in [3.63, 3.8) is 0 Å². The lowest BCUT2D eigenvalue weighted by atomic mass is 10.1. The van der Waals surface area contributed by atoms with Gasteiger partial charge in [0, 0.05) is 17.8 Å². The third-order valence-corrected chi connectivity index (χ3v) is 4.27. The van der Waals surface area contributed by atoms with Gasteiger partial charge in [0.25, 0.3) is 0 Å². The maximum Gasteiger partial charge on any atom is 0.155 e. The van der Waals surface area contributed by atoms with Crippen molar-refractivity contribution in [3.8, 4) is 11.4 Å². The van der Waals surface area contributed by atoms with Gasteiger partial charge < -0.3 is 5.32 Å². The molecule has 2 aromatic carbocycles. The van der Waals surface area contributed by atoms with E-state index in [4.69, 9.17) is 0 Å². The van der Waals surface area contributed by atoms with Crippen LogP contribution >= 0.6 is 0 Å². The lowest BCUT2D eigenvalue weighted by Gasteiger charge is -2.07. The first-order chi connectivity index (χ1) is 10.9. The van der Waals surface area contributed by atoms with E-state index in [0.29, 0.717) is 5.92 Å². The Morgan fingerprint density at radius 2 is 2.00 bits per heavy atom. The number of anilines is 1. The van der Waals surface area contributed by atoms with Crippen molar-refractivity contribution in [1.29, 1.82) is 0 Å². The normalized spacial score (nSPS) is 19.8. The summed E-state index contributed by atoms with van der Waals surface area (Å²) >= 11 is 0. The molecule has 1 aliphatic rings. The molecule has 0 bridgehead atoms. The summed E-state index contributed by atoms with van der Waals surface area (Å²) in [4.78, 5) is 4.19. The molecule has 0 radical (unpaired) electrons. The predicted molar refractivity (Wildman–Crippen MR) is 87.6 cm³/mol. The maximum absolute atomic E-state index is 4.19. The van der Waals surface area contributed by atoms with Crippen LogP contribution in [0.25, 0.3) is 11.4 Å². The number of hydrogen-bond donors (Lipinski definition) is 2. The lowest BCUT2D eigenvalue weighted by molar-refractivity contribution is 0.844. The first-order valence-corrected chi connectivity index (χ1v) is 7.65. The van der Waals surface area contributed by atoms with Crippen molar-refractivity contribution < 1.29 is 0 Å². The molecular weight excluding hydrogens is 272 g/mol. The van der Waals surface area contributed by atoms with E-state index in [1.165, 1.54) is 18.3 Å². The summed E-state index contributed by atoms with van der Waals surface area (Å²) in [5, 5.41) is 10.3. The maximum atomic E-state index is 4.19. The smallest absolute Gasteiger partial charge is 0.155 e. The van der Waals surface area contributed by atoms with E-state index >= 15 is 0 Å². The van der Waals surface area contributed by atoms with E-state index in [1.807, 2.05) is 12.1 Å². The summed E-state index contributed by atoms with van der Waals surface area (Å²) in [6.45, 7) is 1.01. The third kappa shape index (κ3) is 2.72. The van der Waals surface area contributed by atoms with Gasteiger partial charge in [0.2, 0.25) is 0 Å². The highest BCUT2D eigenvalue weighted by molar-refractivity contribution is 5.62. The number of rotatable bonds is 5. The van der Waals surface area contributed by atoms with Crippen LogP contribution in [0.5, 0.6) is 0 Å². The molecule has 1 saturated carbocycles. The summed E-state index contributed by atoms with van der Waals surface area (Å²) < 4.78 is 0. The second-order valence-corrected chi connectivity index (χ2v) is 5.81. The van der Waals surface area contributed by atoms with E-state index in [2.05, 4.69) is 63.0 Å². The molecule has 2 atom stereocenters. The molecule has 110 valence electrons. The van der Waals surface area contributed by atoms with Crippen LogP contribution in [0.3, 0.4) is 0 Å². The highest BCUT2D eigenvalue weighted by Gasteiger charge is 2.37. The lowest BCUT2D eigenvalue weighted by Crippen LogP contribution is -2.04. The molecule has 1 aliphatic carbocycles. The Labute approximate surface area is 129 Å². The summed E-state index contributed by atoms with van der Waals surface area (Å²) in [6.07, 6.45) is 2.81. The second kappa shape index (κ2) is 5.64. The van der Waals surface area contributed by atoms with Crippen molar-refractivity contribution >= 4 is 5.69 Å². The van der Waals surface area contributed by atoms with Gasteiger partial charge in [-0.1, -0.05) is 42.5 Å². The molecule has 2 N–H and O–H groups in total. The van der Waals surface area contributed by atoms with Gasteiger partial charge in [0.1, 0.15) is 6.33 Å². The number of nitrogens with one attached hydrogen (secondary N) is 2. The molecular formula is C18H18N4. The first kappa shape index (κ1) is 13.1. The molecule has 1 aromatic heterocycles.